The van der Waals surface area contributed by atoms with Gasteiger partial charge in [-0.2, -0.15) is 0 Å². The number of likely N-dealkylation sites (tertiary alicyclic amines) is 1. The van der Waals surface area contributed by atoms with Crippen molar-refractivity contribution in [2.45, 2.75) is 58.5 Å². The second-order valence-electron chi connectivity index (χ2n) is 9.60. The van der Waals surface area contributed by atoms with Gasteiger partial charge >= 0.3 is 6.09 Å². The van der Waals surface area contributed by atoms with Gasteiger partial charge in [-0.1, -0.05) is 0 Å². The molecule has 31 heavy (non-hydrogen) atoms. The number of carbonyl (C=O) groups is 5. The maximum Gasteiger partial charge on any atom is 0.410 e. The molecule has 0 aromatic carbocycles. The van der Waals surface area contributed by atoms with Crippen LogP contribution in [-0.2, 0) is 23.9 Å². The number of amides is 5. The Hall–Kier alpha value is -2.65. The molecule has 10 nitrogen and oxygen atoms in total. The molecule has 0 bridgehead atoms. The highest BCUT2D eigenvalue weighted by Crippen LogP contribution is 2.38. The summed E-state index contributed by atoms with van der Waals surface area (Å²) in [7, 11) is 0. The van der Waals surface area contributed by atoms with Crippen molar-refractivity contribution in [1.82, 2.24) is 20.0 Å². The molecule has 3 heterocycles. The van der Waals surface area contributed by atoms with E-state index in [4.69, 9.17) is 4.74 Å². The molecule has 1 unspecified atom stereocenters. The third kappa shape index (κ3) is 5.54. The Kier molecular flexibility index (Phi) is 6.56. The third-order valence-electron chi connectivity index (χ3n) is 6.11. The van der Waals surface area contributed by atoms with Crippen molar-refractivity contribution in [3.8, 4) is 0 Å². The highest BCUT2D eigenvalue weighted by molar-refractivity contribution is 6.01. The minimum absolute atomic E-state index is 0.0197. The van der Waals surface area contributed by atoms with Gasteiger partial charge in [-0.15, -0.1) is 0 Å². The SMILES string of the molecule is CC(C)(C)OC(=O)N1CCN(C(=O)CN2CCC3(CCCC(=O)NC3=O)CC2=O)CC1. The smallest absolute Gasteiger partial charge is 0.410 e. The summed E-state index contributed by atoms with van der Waals surface area (Å²) in [4.78, 5) is 66.4. The quantitative estimate of drug-likeness (QED) is 0.630. The number of nitrogens with zero attached hydrogens (tertiary/aromatic N) is 3. The molecular formula is C21H32N4O6. The van der Waals surface area contributed by atoms with Crippen LogP contribution in [0.5, 0.6) is 0 Å². The van der Waals surface area contributed by atoms with E-state index in [0.717, 1.165) is 0 Å². The Bertz CT molecular complexity index is 768. The Morgan fingerprint density at radius 2 is 1.65 bits per heavy atom. The van der Waals surface area contributed by atoms with Gasteiger partial charge in [0.1, 0.15) is 5.60 Å². The predicted molar refractivity (Wildman–Crippen MR) is 110 cm³/mol. The van der Waals surface area contributed by atoms with Crippen molar-refractivity contribution < 1.29 is 28.7 Å². The van der Waals surface area contributed by atoms with Gasteiger partial charge in [0.25, 0.3) is 0 Å². The zero-order valence-corrected chi connectivity index (χ0v) is 18.6. The van der Waals surface area contributed by atoms with E-state index in [9.17, 15) is 24.0 Å². The fourth-order valence-electron chi connectivity index (χ4n) is 4.29. The van der Waals surface area contributed by atoms with Crippen molar-refractivity contribution in [3.05, 3.63) is 0 Å². The number of rotatable bonds is 2. The first kappa shape index (κ1) is 23.0. The molecule has 3 saturated heterocycles. The summed E-state index contributed by atoms with van der Waals surface area (Å²) in [6.07, 6.45) is 1.44. The van der Waals surface area contributed by atoms with Gasteiger partial charge in [-0.3, -0.25) is 24.5 Å². The number of piperidine rings is 1. The van der Waals surface area contributed by atoms with E-state index >= 15 is 0 Å². The normalized spacial score (nSPS) is 25.4. The fourth-order valence-corrected chi connectivity index (χ4v) is 4.29. The number of carbonyl (C=O) groups excluding carboxylic acids is 5. The molecule has 172 valence electrons. The zero-order valence-electron chi connectivity index (χ0n) is 18.6. The van der Waals surface area contributed by atoms with Crippen LogP contribution >= 0.6 is 0 Å². The van der Waals surface area contributed by atoms with Crippen LogP contribution in [0.3, 0.4) is 0 Å². The lowest BCUT2D eigenvalue weighted by Gasteiger charge is -2.40. The molecule has 0 saturated carbocycles. The van der Waals surface area contributed by atoms with E-state index in [1.54, 1.807) is 30.6 Å². The van der Waals surface area contributed by atoms with Crippen LogP contribution in [0.4, 0.5) is 4.79 Å². The molecule has 10 heteroatoms. The standard InChI is InChI=1S/C21H32N4O6/c1-20(2,3)31-19(30)24-11-9-23(10-12-24)17(28)14-25-8-7-21(13-16(25)27)6-4-5-15(26)22-18(21)29/h4-14H2,1-3H3,(H,22,26,29). The first-order chi connectivity index (χ1) is 14.5. The first-order valence-electron chi connectivity index (χ1n) is 10.9. The van der Waals surface area contributed by atoms with Crippen LogP contribution in [0.1, 0.15) is 52.9 Å². The van der Waals surface area contributed by atoms with Crippen LogP contribution in [0.25, 0.3) is 0 Å². The second kappa shape index (κ2) is 8.84. The number of hydrogen-bond donors (Lipinski definition) is 1. The average Bonchev–Trinajstić information content (AvgIpc) is 2.81. The minimum Gasteiger partial charge on any atom is -0.444 e. The van der Waals surface area contributed by atoms with Crippen molar-refractivity contribution in [3.63, 3.8) is 0 Å². The lowest BCUT2D eigenvalue weighted by molar-refractivity contribution is -0.151. The Balaban J connectivity index is 1.50. The van der Waals surface area contributed by atoms with E-state index in [1.807, 2.05) is 0 Å². The largest absolute Gasteiger partial charge is 0.444 e. The molecule has 3 aliphatic rings. The zero-order chi connectivity index (χ0) is 22.8. The first-order valence-corrected chi connectivity index (χ1v) is 10.9. The topological polar surface area (TPSA) is 116 Å². The lowest BCUT2D eigenvalue weighted by Crippen LogP contribution is -2.56. The molecule has 0 aromatic heterocycles. The highest BCUT2D eigenvalue weighted by atomic mass is 16.6. The van der Waals surface area contributed by atoms with Crippen LogP contribution in [0, 0.1) is 5.41 Å². The maximum absolute atomic E-state index is 12.7. The van der Waals surface area contributed by atoms with Crippen LogP contribution in [-0.4, -0.2) is 89.3 Å². The summed E-state index contributed by atoms with van der Waals surface area (Å²) < 4.78 is 5.36. The van der Waals surface area contributed by atoms with Crippen LogP contribution < -0.4 is 5.32 Å². The number of hydrogen-bond acceptors (Lipinski definition) is 6. The number of ether oxygens (including phenoxy) is 1. The van der Waals surface area contributed by atoms with Gasteiger partial charge in [0.05, 0.1) is 12.0 Å². The summed E-state index contributed by atoms with van der Waals surface area (Å²) in [5.41, 5.74) is -1.42. The summed E-state index contributed by atoms with van der Waals surface area (Å²) in [6.45, 7) is 7.22. The molecule has 0 aromatic rings. The molecule has 1 spiro atoms. The van der Waals surface area contributed by atoms with Crippen molar-refractivity contribution in [2.24, 2.45) is 5.41 Å². The molecule has 1 N–H and O–H groups in total. The molecule has 0 aliphatic carbocycles. The number of nitrogens with one attached hydrogen (secondary N) is 1. The average molecular weight is 437 g/mol. The summed E-state index contributed by atoms with van der Waals surface area (Å²) in [5.74, 6) is -1.07. The second-order valence-corrected chi connectivity index (χ2v) is 9.60. The van der Waals surface area contributed by atoms with E-state index in [2.05, 4.69) is 5.32 Å². The molecule has 3 fully saturated rings. The van der Waals surface area contributed by atoms with Gasteiger partial charge < -0.3 is 19.4 Å². The van der Waals surface area contributed by atoms with Gasteiger partial charge in [0, 0.05) is 45.6 Å². The molecule has 5 amide bonds. The Morgan fingerprint density at radius 3 is 2.26 bits per heavy atom. The lowest BCUT2D eigenvalue weighted by atomic mass is 9.74. The predicted octanol–water partition coefficient (Wildman–Crippen LogP) is 0.501. The van der Waals surface area contributed by atoms with E-state index in [-0.39, 0.29) is 36.6 Å². The highest BCUT2D eigenvalue weighted by Gasteiger charge is 2.46. The molecule has 0 radical (unpaired) electrons. The van der Waals surface area contributed by atoms with Crippen molar-refractivity contribution in [1.29, 1.82) is 0 Å². The van der Waals surface area contributed by atoms with Crippen molar-refractivity contribution in [2.75, 3.05) is 39.3 Å². The third-order valence-corrected chi connectivity index (χ3v) is 6.11. The molecule has 3 aliphatic heterocycles. The van der Waals surface area contributed by atoms with Crippen LogP contribution in [0.15, 0.2) is 0 Å². The summed E-state index contributed by atoms with van der Waals surface area (Å²) in [5, 5.41) is 2.39. The minimum atomic E-state index is -0.845. The Labute approximate surface area is 182 Å². The van der Waals surface area contributed by atoms with E-state index in [0.29, 0.717) is 58.4 Å². The number of imide groups is 1. The van der Waals surface area contributed by atoms with Gasteiger partial charge in [0.2, 0.25) is 23.6 Å². The monoisotopic (exact) mass is 436 g/mol. The van der Waals surface area contributed by atoms with E-state index < -0.39 is 17.1 Å². The number of piperazine rings is 1. The van der Waals surface area contributed by atoms with Gasteiger partial charge in [-0.05, 0) is 40.0 Å². The van der Waals surface area contributed by atoms with Crippen LogP contribution in [0.2, 0.25) is 0 Å². The Morgan fingerprint density at radius 1 is 1.00 bits per heavy atom. The van der Waals surface area contributed by atoms with Crippen molar-refractivity contribution >= 4 is 29.7 Å². The molecule has 3 rings (SSSR count). The molecule has 1 atom stereocenters. The molecular weight excluding hydrogens is 404 g/mol. The summed E-state index contributed by atoms with van der Waals surface area (Å²) >= 11 is 0. The maximum atomic E-state index is 12.7. The van der Waals surface area contributed by atoms with Gasteiger partial charge in [0.15, 0.2) is 0 Å². The van der Waals surface area contributed by atoms with E-state index in [1.165, 1.54) is 4.90 Å². The van der Waals surface area contributed by atoms with Gasteiger partial charge in [-0.25, -0.2) is 4.79 Å². The fraction of sp³-hybridized carbons (Fsp3) is 0.762. The summed E-state index contributed by atoms with van der Waals surface area (Å²) in [6, 6.07) is 0.